The third kappa shape index (κ3) is 3.55. The number of H-pyrrole nitrogens is 1. The number of aromatic amines is 1. The van der Waals surface area contributed by atoms with Crippen LogP contribution < -0.4 is 0 Å². The van der Waals surface area contributed by atoms with Crippen LogP contribution in [0.1, 0.15) is 39.2 Å². The third-order valence-electron chi connectivity index (χ3n) is 5.35. The molecule has 0 saturated heterocycles. The molecule has 2 heterocycles. The minimum Gasteiger partial charge on any atom is -0.341 e. The number of hydrogen-bond donors (Lipinski definition) is 1. The molecule has 0 atom stereocenters. The zero-order valence-corrected chi connectivity index (χ0v) is 16.9. The average Bonchev–Trinajstić information content (AvgIpc) is 3.33. The van der Waals surface area contributed by atoms with E-state index in [9.17, 15) is 4.79 Å². The molecule has 0 saturated carbocycles. The molecule has 0 unspecified atom stereocenters. The number of rotatable bonds is 6. The van der Waals surface area contributed by atoms with E-state index >= 15 is 0 Å². The summed E-state index contributed by atoms with van der Waals surface area (Å²) < 4.78 is 0. The number of aliphatic imine (C=N–C) groups is 1. The van der Waals surface area contributed by atoms with E-state index in [0.717, 1.165) is 40.9 Å². The Morgan fingerprint density at radius 1 is 1.03 bits per heavy atom. The smallest absolute Gasteiger partial charge is 0.272 e. The number of benzene rings is 2. The molecule has 148 valence electrons. The minimum absolute atomic E-state index is 0.0628. The van der Waals surface area contributed by atoms with Gasteiger partial charge >= 0.3 is 0 Å². The van der Waals surface area contributed by atoms with Crippen LogP contribution in [0.5, 0.6) is 0 Å². The van der Waals surface area contributed by atoms with Gasteiger partial charge in [0.15, 0.2) is 5.82 Å². The summed E-state index contributed by atoms with van der Waals surface area (Å²) in [7, 11) is 0. The SMILES string of the molecule is CCCC1=NC(=O)C(C)(C)N1Cc1ccc(-c2ccccc2-c2nnn[nH]2)cc1. The predicted molar refractivity (Wildman–Crippen MR) is 112 cm³/mol. The standard InChI is InChI=1S/C22H24N6O/c1-4-7-19-23-21(29)22(2,3)28(19)14-15-10-12-16(13-11-15)17-8-5-6-9-18(17)20-24-26-27-25-20/h5-6,8-13H,4,7,14H2,1-3H3,(H,24,25,26,27). The molecule has 1 aliphatic rings. The largest absolute Gasteiger partial charge is 0.341 e. The fraction of sp³-hybridized carbons (Fsp3) is 0.318. The molecule has 0 radical (unpaired) electrons. The van der Waals surface area contributed by atoms with Gasteiger partial charge in [0.2, 0.25) is 0 Å². The van der Waals surface area contributed by atoms with E-state index in [1.54, 1.807) is 0 Å². The number of nitrogens with one attached hydrogen (secondary N) is 1. The van der Waals surface area contributed by atoms with Crippen molar-refractivity contribution in [2.75, 3.05) is 0 Å². The first kappa shape index (κ1) is 19.0. The van der Waals surface area contributed by atoms with Crippen molar-refractivity contribution in [3.8, 4) is 22.5 Å². The number of nitrogens with zero attached hydrogens (tertiary/aromatic N) is 5. The molecule has 0 bridgehead atoms. The first-order valence-electron chi connectivity index (χ1n) is 9.82. The van der Waals surface area contributed by atoms with Gasteiger partial charge in [0.05, 0.1) is 0 Å². The van der Waals surface area contributed by atoms with Crippen LogP contribution in [0.2, 0.25) is 0 Å². The molecule has 1 amide bonds. The van der Waals surface area contributed by atoms with Gasteiger partial charge in [-0.25, -0.2) is 5.10 Å². The Labute approximate surface area is 169 Å². The van der Waals surface area contributed by atoms with Crippen LogP contribution in [0.3, 0.4) is 0 Å². The van der Waals surface area contributed by atoms with Gasteiger partial charge in [0.25, 0.3) is 5.91 Å². The van der Waals surface area contributed by atoms with Crippen LogP contribution in [0.25, 0.3) is 22.5 Å². The molecule has 1 aromatic heterocycles. The van der Waals surface area contributed by atoms with Crippen LogP contribution in [-0.4, -0.2) is 42.8 Å². The molecule has 4 rings (SSSR count). The Hall–Kier alpha value is -3.35. The highest BCUT2D eigenvalue weighted by molar-refractivity contribution is 6.05. The summed E-state index contributed by atoms with van der Waals surface area (Å²) in [5.41, 5.74) is 3.63. The van der Waals surface area contributed by atoms with Crippen molar-refractivity contribution < 1.29 is 4.79 Å². The summed E-state index contributed by atoms with van der Waals surface area (Å²) in [5.74, 6) is 1.46. The lowest BCUT2D eigenvalue weighted by Gasteiger charge is -2.32. The lowest BCUT2D eigenvalue weighted by Crippen LogP contribution is -2.46. The van der Waals surface area contributed by atoms with E-state index in [1.165, 1.54) is 0 Å². The molecule has 2 aromatic carbocycles. The molecule has 0 aliphatic carbocycles. The van der Waals surface area contributed by atoms with Crippen LogP contribution in [-0.2, 0) is 11.3 Å². The molecule has 0 fully saturated rings. The van der Waals surface area contributed by atoms with Gasteiger partial charge < -0.3 is 4.90 Å². The summed E-state index contributed by atoms with van der Waals surface area (Å²) in [6.07, 6.45) is 1.77. The molecule has 7 nitrogen and oxygen atoms in total. The maximum Gasteiger partial charge on any atom is 0.272 e. The van der Waals surface area contributed by atoms with Crippen molar-refractivity contribution in [2.24, 2.45) is 4.99 Å². The zero-order chi connectivity index (χ0) is 20.4. The Balaban J connectivity index is 1.60. The fourth-order valence-electron chi connectivity index (χ4n) is 3.64. The van der Waals surface area contributed by atoms with Crippen molar-refractivity contribution in [1.29, 1.82) is 0 Å². The average molecular weight is 388 g/mol. The van der Waals surface area contributed by atoms with E-state index in [0.29, 0.717) is 12.4 Å². The number of tetrazole rings is 1. The normalized spacial score (nSPS) is 15.6. The molecule has 1 N–H and O–H groups in total. The van der Waals surface area contributed by atoms with Gasteiger partial charge in [-0.2, -0.15) is 4.99 Å². The van der Waals surface area contributed by atoms with Crippen molar-refractivity contribution in [2.45, 2.75) is 45.7 Å². The van der Waals surface area contributed by atoms with Crippen LogP contribution in [0.15, 0.2) is 53.5 Å². The van der Waals surface area contributed by atoms with Crippen molar-refractivity contribution in [3.63, 3.8) is 0 Å². The van der Waals surface area contributed by atoms with Crippen LogP contribution in [0.4, 0.5) is 0 Å². The fourth-order valence-corrected chi connectivity index (χ4v) is 3.64. The molecule has 0 spiro atoms. The van der Waals surface area contributed by atoms with Crippen molar-refractivity contribution in [1.82, 2.24) is 25.5 Å². The quantitative estimate of drug-likeness (QED) is 0.693. The molecule has 1 aliphatic heterocycles. The van der Waals surface area contributed by atoms with Crippen LogP contribution in [0, 0.1) is 0 Å². The number of aromatic nitrogens is 4. The number of carbonyl (C=O) groups excluding carboxylic acids is 1. The highest BCUT2D eigenvalue weighted by Gasteiger charge is 2.41. The topological polar surface area (TPSA) is 87.1 Å². The lowest BCUT2D eigenvalue weighted by molar-refractivity contribution is -0.124. The molecule has 29 heavy (non-hydrogen) atoms. The van der Waals surface area contributed by atoms with Gasteiger partial charge in [-0.1, -0.05) is 55.5 Å². The summed E-state index contributed by atoms with van der Waals surface area (Å²) in [6.45, 7) is 6.65. The first-order valence-corrected chi connectivity index (χ1v) is 9.82. The monoisotopic (exact) mass is 388 g/mol. The van der Waals surface area contributed by atoms with Gasteiger partial charge in [0, 0.05) is 18.5 Å². The van der Waals surface area contributed by atoms with Crippen molar-refractivity contribution in [3.05, 3.63) is 54.1 Å². The van der Waals surface area contributed by atoms with E-state index in [2.05, 4.69) is 67.8 Å². The maximum atomic E-state index is 12.3. The predicted octanol–water partition coefficient (Wildman–Crippen LogP) is 3.85. The number of carbonyl (C=O) groups is 1. The third-order valence-corrected chi connectivity index (χ3v) is 5.35. The second kappa shape index (κ2) is 7.58. The Morgan fingerprint density at radius 3 is 2.41 bits per heavy atom. The molecular weight excluding hydrogens is 364 g/mol. The summed E-state index contributed by atoms with van der Waals surface area (Å²) in [4.78, 5) is 18.7. The highest BCUT2D eigenvalue weighted by atomic mass is 16.2. The lowest BCUT2D eigenvalue weighted by atomic mass is 9.97. The van der Waals surface area contributed by atoms with Gasteiger partial charge in [-0.15, -0.1) is 5.10 Å². The maximum absolute atomic E-state index is 12.3. The highest BCUT2D eigenvalue weighted by Crippen LogP contribution is 2.31. The Bertz CT molecular complexity index is 1040. The second-order valence-electron chi connectivity index (χ2n) is 7.72. The number of amidine groups is 1. The Morgan fingerprint density at radius 2 is 1.76 bits per heavy atom. The summed E-state index contributed by atoms with van der Waals surface area (Å²) in [5, 5.41) is 14.2. The summed E-state index contributed by atoms with van der Waals surface area (Å²) >= 11 is 0. The molecular formula is C22H24N6O. The number of hydrogen-bond acceptors (Lipinski definition) is 5. The van der Waals surface area contributed by atoms with E-state index in [4.69, 9.17) is 0 Å². The van der Waals surface area contributed by atoms with E-state index < -0.39 is 5.54 Å². The second-order valence-corrected chi connectivity index (χ2v) is 7.72. The minimum atomic E-state index is -0.602. The van der Waals surface area contributed by atoms with Crippen molar-refractivity contribution >= 4 is 11.7 Å². The number of amides is 1. The Kier molecular flexibility index (Phi) is 4.96. The van der Waals surface area contributed by atoms with E-state index in [-0.39, 0.29) is 5.91 Å². The van der Waals surface area contributed by atoms with Gasteiger partial charge in [0.1, 0.15) is 11.4 Å². The van der Waals surface area contributed by atoms with Gasteiger partial charge in [-0.3, -0.25) is 4.79 Å². The van der Waals surface area contributed by atoms with Crippen LogP contribution >= 0.6 is 0 Å². The molecule has 7 heteroatoms. The van der Waals surface area contributed by atoms with Gasteiger partial charge in [-0.05, 0) is 47.4 Å². The van der Waals surface area contributed by atoms with E-state index in [1.807, 2.05) is 32.0 Å². The molecule has 3 aromatic rings. The zero-order valence-electron chi connectivity index (χ0n) is 16.9. The first-order chi connectivity index (χ1) is 14.0. The summed E-state index contributed by atoms with van der Waals surface area (Å²) in [6, 6.07) is 16.4.